The van der Waals surface area contributed by atoms with Crippen LogP contribution >= 0.6 is 0 Å². The van der Waals surface area contributed by atoms with Gasteiger partial charge in [0.2, 0.25) is 5.91 Å². The van der Waals surface area contributed by atoms with E-state index in [9.17, 15) is 4.79 Å². The van der Waals surface area contributed by atoms with Crippen molar-refractivity contribution in [3.05, 3.63) is 83.4 Å². The highest BCUT2D eigenvalue weighted by molar-refractivity contribution is 5.92. The van der Waals surface area contributed by atoms with Crippen LogP contribution in [0.3, 0.4) is 0 Å². The number of carbonyl (C=O) groups is 1. The first-order chi connectivity index (χ1) is 18.4. The lowest BCUT2D eigenvalue weighted by atomic mass is 10.00. The maximum atomic E-state index is 12.1. The summed E-state index contributed by atoms with van der Waals surface area (Å²) in [5.74, 6) is 1.82. The number of nitrogens with zero attached hydrogens (tertiary/aromatic N) is 3. The number of rotatable bonds is 6. The fourth-order valence-corrected chi connectivity index (χ4v) is 6.30. The molecule has 38 heavy (non-hydrogen) atoms. The van der Waals surface area contributed by atoms with Gasteiger partial charge in [-0.3, -0.25) is 4.79 Å². The van der Waals surface area contributed by atoms with Gasteiger partial charge in [0.25, 0.3) is 0 Å². The molecule has 1 atom stereocenters. The number of hydrogen-bond acceptors (Lipinski definition) is 3. The molecule has 2 heterocycles. The van der Waals surface area contributed by atoms with E-state index in [0.717, 1.165) is 62.3 Å². The Kier molecular flexibility index (Phi) is 6.79. The lowest BCUT2D eigenvalue weighted by Gasteiger charge is -2.35. The van der Waals surface area contributed by atoms with Gasteiger partial charge in [0, 0.05) is 42.8 Å². The van der Waals surface area contributed by atoms with Crippen molar-refractivity contribution in [3.63, 3.8) is 0 Å². The standard InChI is InChI=1S/C33H38N4O/c1-22(2)33(38)34-28-11-10-26-18-24(19-27(26)20-28)21-36-15-13-29(14-16-36)37-31-12-9-23(3)17-30(31)35-32(37)25-7-5-4-6-8-25/h4-12,17,20,22,24,29H,13-16,18-19,21H2,1-3H3,(H,34,38). The van der Waals surface area contributed by atoms with E-state index < -0.39 is 0 Å². The van der Waals surface area contributed by atoms with E-state index in [4.69, 9.17) is 4.98 Å². The topological polar surface area (TPSA) is 50.2 Å². The largest absolute Gasteiger partial charge is 0.326 e. The summed E-state index contributed by atoms with van der Waals surface area (Å²) < 4.78 is 2.51. The monoisotopic (exact) mass is 506 g/mol. The van der Waals surface area contributed by atoms with Crippen molar-refractivity contribution < 1.29 is 4.79 Å². The van der Waals surface area contributed by atoms with Gasteiger partial charge in [-0.05, 0) is 79.5 Å². The van der Waals surface area contributed by atoms with Crippen molar-refractivity contribution in [2.24, 2.45) is 11.8 Å². The molecule has 1 aromatic heterocycles. The van der Waals surface area contributed by atoms with Crippen LogP contribution in [0, 0.1) is 18.8 Å². The molecule has 0 bridgehead atoms. The molecule has 1 aliphatic heterocycles. The minimum atomic E-state index is -0.00729. The molecule has 4 aromatic rings. The van der Waals surface area contributed by atoms with Crippen LogP contribution in [0.5, 0.6) is 0 Å². The molecule has 1 saturated heterocycles. The van der Waals surface area contributed by atoms with Gasteiger partial charge >= 0.3 is 0 Å². The lowest BCUT2D eigenvalue weighted by Crippen LogP contribution is -2.38. The van der Waals surface area contributed by atoms with E-state index in [-0.39, 0.29) is 11.8 Å². The summed E-state index contributed by atoms with van der Waals surface area (Å²) >= 11 is 0. The fourth-order valence-electron chi connectivity index (χ4n) is 6.30. The molecule has 1 unspecified atom stereocenters. The quantitative estimate of drug-likeness (QED) is 0.318. The lowest BCUT2D eigenvalue weighted by molar-refractivity contribution is -0.118. The Balaban J connectivity index is 1.13. The second kappa shape index (κ2) is 10.4. The minimum absolute atomic E-state index is 0.00729. The summed E-state index contributed by atoms with van der Waals surface area (Å²) in [5, 5.41) is 3.06. The highest BCUT2D eigenvalue weighted by Gasteiger charge is 2.29. The van der Waals surface area contributed by atoms with Crippen LogP contribution < -0.4 is 5.32 Å². The first kappa shape index (κ1) is 24.9. The number of amides is 1. The molecule has 0 spiro atoms. The molecule has 1 aliphatic carbocycles. The van der Waals surface area contributed by atoms with Gasteiger partial charge in [0.15, 0.2) is 0 Å². The van der Waals surface area contributed by atoms with E-state index in [0.29, 0.717) is 12.0 Å². The molecule has 196 valence electrons. The molecule has 1 N–H and O–H groups in total. The number of carbonyl (C=O) groups excluding carboxylic acids is 1. The van der Waals surface area contributed by atoms with Crippen molar-refractivity contribution in [2.45, 2.75) is 52.5 Å². The number of likely N-dealkylation sites (tertiary alicyclic amines) is 1. The number of anilines is 1. The van der Waals surface area contributed by atoms with Gasteiger partial charge in [0.05, 0.1) is 11.0 Å². The zero-order valence-electron chi connectivity index (χ0n) is 22.8. The Morgan fingerprint density at radius 3 is 2.50 bits per heavy atom. The average Bonchev–Trinajstić information content (AvgIpc) is 3.49. The molecule has 3 aromatic carbocycles. The van der Waals surface area contributed by atoms with Crippen LogP contribution in [0.2, 0.25) is 0 Å². The summed E-state index contributed by atoms with van der Waals surface area (Å²) in [4.78, 5) is 19.9. The molecule has 5 heteroatoms. The number of aryl methyl sites for hydroxylation is 1. The van der Waals surface area contributed by atoms with Crippen molar-refractivity contribution in [1.82, 2.24) is 14.5 Å². The van der Waals surface area contributed by atoms with Crippen LogP contribution in [-0.4, -0.2) is 40.0 Å². The average molecular weight is 507 g/mol. The van der Waals surface area contributed by atoms with Gasteiger partial charge in [-0.2, -0.15) is 0 Å². The molecule has 1 amide bonds. The SMILES string of the molecule is Cc1ccc2c(c1)nc(-c1ccccc1)n2C1CCN(CC2Cc3ccc(NC(=O)C(C)C)cc3C2)CC1. The smallest absolute Gasteiger partial charge is 0.226 e. The number of imidazole rings is 1. The minimum Gasteiger partial charge on any atom is -0.326 e. The zero-order chi connectivity index (χ0) is 26.2. The van der Waals surface area contributed by atoms with E-state index in [2.05, 4.69) is 88.4 Å². The number of nitrogens with one attached hydrogen (secondary N) is 1. The van der Waals surface area contributed by atoms with Crippen LogP contribution in [0.25, 0.3) is 22.4 Å². The van der Waals surface area contributed by atoms with E-state index in [1.54, 1.807) is 0 Å². The molecule has 0 saturated carbocycles. The normalized spacial score (nSPS) is 18.3. The highest BCUT2D eigenvalue weighted by atomic mass is 16.1. The molecule has 1 fully saturated rings. The summed E-state index contributed by atoms with van der Waals surface area (Å²) in [7, 11) is 0. The third kappa shape index (κ3) is 5.00. The molecular weight excluding hydrogens is 468 g/mol. The van der Waals surface area contributed by atoms with E-state index >= 15 is 0 Å². The number of aromatic nitrogens is 2. The predicted octanol–water partition coefficient (Wildman–Crippen LogP) is 6.66. The van der Waals surface area contributed by atoms with Crippen LogP contribution in [0.4, 0.5) is 5.69 Å². The predicted molar refractivity (Wildman–Crippen MR) is 155 cm³/mol. The number of fused-ring (bicyclic) bond motifs is 2. The maximum absolute atomic E-state index is 12.1. The Morgan fingerprint density at radius 1 is 0.974 bits per heavy atom. The summed E-state index contributed by atoms with van der Waals surface area (Å²) in [6.45, 7) is 9.38. The van der Waals surface area contributed by atoms with Gasteiger partial charge in [0.1, 0.15) is 5.82 Å². The number of benzene rings is 3. The Morgan fingerprint density at radius 2 is 1.74 bits per heavy atom. The summed E-state index contributed by atoms with van der Waals surface area (Å²) in [6, 6.07) is 24.2. The van der Waals surface area contributed by atoms with Crippen LogP contribution in [0.1, 0.15) is 49.4 Å². The van der Waals surface area contributed by atoms with Crippen molar-refractivity contribution >= 4 is 22.6 Å². The van der Waals surface area contributed by atoms with E-state index in [1.165, 1.54) is 27.8 Å². The molecule has 0 radical (unpaired) electrons. The first-order valence-corrected chi connectivity index (χ1v) is 14.1. The Labute approximate surface area is 225 Å². The highest BCUT2D eigenvalue weighted by Crippen LogP contribution is 2.35. The maximum Gasteiger partial charge on any atom is 0.226 e. The Bertz CT molecular complexity index is 1450. The number of hydrogen-bond donors (Lipinski definition) is 1. The number of piperidine rings is 1. The Hall–Kier alpha value is -3.44. The van der Waals surface area contributed by atoms with Gasteiger partial charge in [-0.1, -0.05) is 56.3 Å². The third-order valence-electron chi connectivity index (χ3n) is 8.33. The molecule has 6 rings (SSSR count). The molecular formula is C33H38N4O. The third-order valence-corrected chi connectivity index (χ3v) is 8.33. The zero-order valence-corrected chi connectivity index (χ0v) is 22.8. The van der Waals surface area contributed by atoms with Gasteiger partial charge in [-0.25, -0.2) is 4.98 Å². The molecule has 2 aliphatic rings. The van der Waals surface area contributed by atoms with Crippen molar-refractivity contribution in [3.8, 4) is 11.4 Å². The van der Waals surface area contributed by atoms with Crippen LogP contribution in [0.15, 0.2) is 66.7 Å². The van der Waals surface area contributed by atoms with Crippen LogP contribution in [-0.2, 0) is 17.6 Å². The summed E-state index contributed by atoms with van der Waals surface area (Å²) in [5.41, 5.74) is 8.57. The second-order valence-corrected chi connectivity index (χ2v) is 11.6. The molecule has 5 nitrogen and oxygen atoms in total. The van der Waals surface area contributed by atoms with Crippen molar-refractivity contribution in [1.29, 1.82) is 0 Å². The van der Waals surface area contributed by atoms with E-state index in [1.807, 2.05) is 13.8 Å². The van der Waals surface area contributed by atoms with Gasteiger partial charge < -0.3 is 14.8 Å². The van der Waals surface area contributed by atoms with Crippen molar-refractivity contribution in [2.75, 3.05) is 25.0 Å². The second-order valence-electron chi connectivity index (χ2n) is 11.6. The summed E-state index contributed by atoms with van der Waals surface area (Å²) in [6.07, 6.45) is 4.52. The fraction of sp³-hybridized carbons (Fsp3) is 0.394. The van der Waals surface area contributed by atoms with Gasteiger partial charge in [-0.15, -0.1) is 0 Å². The first-order valence-electron chi connectivity index (χ1n) is 14.1.